The van der Waals surface area contributed by atoms with Gasteiger partial charge in [0.05, 0.1) is 5.69 Å². The summed E-state index contributed by atoms with van der Waals surface area (Å²) in [5.41, 5.74) is 1.48. The number of piperidine rings is 1. The van der Waals surface area contributed by atoms with Crippen LogP contribution in [0.3, 0.4) is 0 Å². The summed E-state index contributed by atoms with van der Waals surface area (Å²) < 4.78 is 1.85. The fourth-order valence-electron chi connectivity index (χ4n) is 3.99. The Hall–Kier alpha value is -2.87. The largest absolute Gasteiger partial charge is 0.360 e. The second kappa shape index (κ2) is 7.51. The van der Waals surface area contributed by atoms with E-state index in [-0.39, 0.29) is 5.56 Å². The van der Waals surface area contributed by atoms with Crippen LogP contribution in [0.15, 0.2) is 34.2 Å². The smallest absolute Gasteiger partial charge is 0.249 e. The molecule has 0 aromatic carbocycles. The van der Waals surface area contributed by atoms with E-state index in [1.54, 1.807) is 6.07 Å². The zero-order valence-corrected chi connectivity index (χ0v) is 17.7. The first-order valence-corrected chi connectivity index (χ1v) is 10.1. The molecule has 1 aliphatic rings. The number of aromatic nitrogens is 4. The third-order valence-corrected chi connectivity index (χ3v) is 6.15. The molecule has 4 heterocycles. The van der Waals surface area contributed by atoms with E-state index in [1.165, 1.54) is 6.07 Å². The molecule has 4 rings (SSSR count). The van der Waals surface area contributed by atoms with Gasteiger partial charge in [-0.05, 0) is 52.8 Å². The molecule has 0 spiro atoms. The number of hydrogen-bond donors (Lipinski definition) is 2. The Bertz CT molecular complexity index is 1110. The van der Waals surface area contributed by atoms with Gasteiger partial charge in [0.2, 0.25) is 11.5 Å². The molecule has 1 fully saturated rings. The predicted molar refractivity (Wildman–Crippen MR) is 116 cm³/mol. The number of H-pyrrole nitrogens is 2. The van der Waals surface area contributed by atoms with Gasteiger partial charge >= 0.3 is 0 Å². The number of hydrogen-bond acceptors (Lipinski definition) is 4. The van der Waals surface area contributed by atoms with Crippen molar-refractivity contribution in [1.82, 2.24) is 29.3 Å². The maximum absolute atomic E-state index is 11.7. The first kappa shape index (κ1) is 19.4. The van der Waals surface area contributed by atoms with E-state index in [2.05, 4.69) is 45.8 Å². The van der Waals surface area contributed by atoms with Gasteiger partial charge in [-0.3, -0.25) is 9.36 Å². The number of fused-ring (bicyclic) bond motifs is 1. The molecule has 29 heavy (non-hydrogen) atoms. The van der Waals surface area contributed by atoms with Crippen LogP contribution in [0.4, 0.5) is 5.82 Å². The van der Waals surface area contributed by atoms with Crippen LogP contribution >= 0.6 is 0 Å². The second-order valence-electron chi connectivity index (χ2n) is 8.10. The molecular formula is C21H29N7O. The maximum Gasteiger partial charge on any atom is 0.249 e. The van der Waals surface area contributed by atoms with Crippen LogP contribution in [-0.2, 0) is 0 Å². The van der Waals surface area contributed by atoms with E-state index in [9.17, 15) is 4.79 Å². The van der Waals surface area contributed by atoms with Gasteiger partial charge in [-0.1, -0.05) is 0 Å². The minimum Gasteiger partial charge on any atom is -0.360 e. The van der Waals surface area contributed by atoms with Crippen molar-refractivity contribution in [3.63, 3.8) is 0 Å². The van der Waals surface area contributed by atoms with Crippen molar-refractivity contribution < 1.29 is 0 Å². The molecule has 0 radical (unpaired) electrons. The molecule has 1 aliphatic heterocycles. The Balaban J connectivity index is 1.60. The van der Waals surface area contributed by atoms with E-state index in [4.69, 9.17) is 4.99 Å². The molecule has 2 unspecified atom stereocenters. The summed E-state index contributed by atoms with van der Waals surface area (Å²) in [7, 11) is 4.31. The number of pyridine rings is 1. The minimum absolute atomic E-state index is 0.135. The van der Waals surface area contributed by atoms with Crippen LogP contribution in [0, 0.1) is 6.92 Å². The average molecular weight is 396 g/mol. The van der Waals surface area contributed by atoms with Crippen LogP contribution in [0.1, 0.15) is 32.4 Å². The van der Waals surface area contributed by atoms with Gasteiger partial charge in [-0.2, -0.15) is 4.98 Å². The monoisotopic (exact) mass is 395 g/mol. The Labute approximate surface area is 170 Å². The molecule has 2 atom stereocenters. The SMILES string of the molecule is C/C(=N\c1nc(-n2ccc3ccc(=O)[nH]c32)[nH]c1C)N(C)C1CCN(C)C(C)C1. The zero-order valence-electron chi connectivity index (χ0n) is 17.7. The fourth-order valence-corrected chi connectivity index (χ4v) is 3.99. The summed E-state index contributed by atoms with van der Waals surface area (Å²) in [5.74, 6) is 2.27. The Morgan fingerprint density at radius 3 is 2.86 bits per heavy atom. The number of amidine groups is 1. The molecule has 3 aromatic rings. The highest BCUT2D eigenvalue weighted by Gasteiger charge is 2.26. The zero-order chi connectivity index (χ0) is 20.7. The number of imidazole rings is 1. The molecule has 0 amide bonds. The van der Waals surface area contributed by atoms with Crippen LogP contribution in [0.5, 0.6) is 0 Å². The third-order valence-electron chi connectivity index (χ3n) is 6.15. The van der Waals surface area contributed by atoms with Crippen molar-refractivity contribution in [3.05, 3.63) is 40.4 Å². The van der Waals surface area contributed by atoms with E-state index in [0.29, 0.717) is 23.8 Å². The quantitative estimate of drug-likeness (QED) is 0.527. The third kappa shape index (κ3) is 3.72. The topological polar surface area (TPSA) is 85.3 Å². The lowest BCUT2D eigenvalue weighted by molar-refractivity contribution is 0.138. The van der Waals surface area contributed by atoms with Gasteiger partial charge < -0.3 is 19.8 Å². The molecule has 0 aliphatic carbocycles. The normalized spacial score (nSPS) is 21.1. The van der Waals surface area contributed by atoms with Crippen LogP contribution in [-0.4, -0.2) is 67.9 Å². The van der Waals surface area contributed by atoms with E-state index in [1.807, 2.05) is 30.7 Å². The Morgan fingerprint density at radius 2 is 2.10 bits per heavy atom. The number of aryl methyl sites for hydroxylation is 1. The van der Waals surface area contributed by atoms with Gasteiger partial charge in [0.1, 0.15) is 11.5 Å². The number of nitrogens with one attached hydrogen (secondary N) is 2. The van der Waals surface area contributed by atoms with Gasteiger partial charge in [-0.15, -0.1) is 0 Å². The summed E-state index contributed by atoms with van der Waals surface area (Å²) in [4.78, 5) is 32.1. The number of rotatable bonds is 3. The molecule has 0 saturated carbocycles. The van der Waals surface area contributed by atoms with Crippen molar-refractivity contribution in [3.8, 4) is 5.95 Å². The lowest BCUT2D eigenvalue weighted by Crippen LogP contribution is -2.47. The Morgan fingerprint density at radius 1 is 1.31 bits per heavy atom. The van der Waals surface area contributed by atoms with E-state index in [0.717, 1.165) is 41.9 Å². The van der Waals surface area contributed by atoms with Crippen molar-refractivity contribution >= 4 is 22.7 Å². The highest BCUT2D eigenvalue weighted by atomic mass is 16.1. The average Bonchev–Trinajstić information content (AvgIpc) is 3.26. The number of aromatic amines is 2. The summed E-state index contributed by atoms with van der Waals surface area (Å²) in [6, 6.07) is 6.35. The van der Waals surface area contributed by atoms with Crippen molar-refractivity contribution in [2.24, 2.45) is 4.99 Å². The Kier molecular flexibility index (Phi) is 5.04. The second-order valence-corrected chi connectivity index (χ2v) is 8.10. The number of aliphatic imine (C=N–C) groups is 1. The fraction of sp³-hybridized carbons (Fsp3) is 0.476. The minimum atomic E-state index is -0.135. The summed E-state index contributed by atoms with van der Waals surface area (Å²) in [6.07, 6.45) is 4.16. The van der Waals surface area contributed by atoms with Gasteiger partial charge in [0, 0.05) is 43.3 Å². The molecule has 2 N–H and O–H groups in total. The highest BCUT2D eigenvalue weighted by Crippen LogP contribution is 2.23. The van der Waals surface area contributed by atoms with Gasteiger partial charge in [0.25, 0.3) is 0 Å². The molecular weight excluding hydrogens is 366 g/mol. The number of likely N-dealkylation sites (tertiary alicyclic amines) is 1. The number of nitrogens with zero attached hydrogens (tertiary/aromatic N) is 5. The van der Waals surface area contributed by atoms with Crippen molar-refractivity contribution in [2.45, 2.75) is 45.7 Å². The van der Waals surface area contributed by atoms with E-state index < -0.39 is 0 Å². The summed E-state index contributed by atoms with van der Waals surface area (Å²) in [6.45, 7) is 7.39. The highest BCUT2D eigenvalue weighted by molar-refractivity contribution is 5.82. The lowest BCUT2D eigenvalue weighted by Gasteiger charge is -2.40. The molecule has 3 aromatic heterocycles. The van der Waals surface area contributed by atoms with Gasteiger partial charge in [-0.25, -0.2) is 4.99 Å². The molecule has 0 bridgehead atoms. The molecule has 154 valence electrons. The maximum atomic E-state index is 11.7. The van der Waals surface area contributed by atoms with E-state index >= 15 is 0 Å². The van der Waals surface area contributed by atoms with Gasteiger partial charge in [0.15, 0.2) is 5.82 Å². The summed E-state index contributed by atoms with van der Waals surface area (Å²) >= 11 is 0. The first-order valence-electron chi connectivity index (χ1n) is 10.1. The lowest BCUT2D eigenvalue weighted by atomic mass is 9.98. The first-order chi connectivity index (χ1) is 13.8. The molecule has 8 nitrogen and oxygen atoms in total. The van der Waals surface area contributed by atoms with Crippen molar-refractivity contribution in [2.75, 3.05) is 20.6 Å². The predicted octanol–water partition coefficient (Wildman–Crippen LogP) is 2.81. The van der Waals surface area contributed by atoms with Crippen LogP contribution in [0.25, 0.3) is 17.0 Å². The summed E-state index contributed by atoms with van der Waals surface area (Å²) in [5, 5.41) is 0.955. The molecule has 1 saturated heterocycles. The van der Waals surface area contributed by atoms with Crippen LogP contribution < -0.4 is 5.56 Å². The standard InChI is InChI=1S/C21H29N7O/c1-13-12-17(9-10-26(13)4)27(5)15(3)23-19-14(2)22-21(25-19)28-11-8-16-6-7-18(29)24-20(16)28/h6-8,11,13,17H,9-10,12H2,1-5H3,(H,22,25)(H,24,29)/b23-15+. The molecule has 8 heteroatoms. The van der Waals surface area contributed by atoms with Crippen molar-refractivity contribution in [1.29, 1.82) is 0 Å². The van der Waals surface area contributed by atoms with Crippen LogP contribution in [0.2, 0.25) is 0 Å².